The number of carbonyl (C=O) groups is 1. The number of nitrogens with zero attached hydrogens (tertiary/aromatic N) is 4. The Kier molecular flexibility index (Phi) is 5.69. The molecular weight excluding hydrogens is 431 g/mol. The van der Waals surface area contributed by atoms with Gasteiger partial charge in [0, 0.05) is 41.2 Å². The fourth-order valence-corrected chi connectivity index (χ4v) is 3.73. The van der Waals surface area contributed by atoms with Gasteiger partial charge in [-0.25, -0.2) is 0 Å². The number of carbonyl (C=O) groups excluding carboxylic acids is 1. The first-order valence-electron chi connectivity index (χ1n) is 9.25. The van der Waals surface area contributed by atoms with Crippen molar-refractivity contribution >= 4 is 34.8 Å². The zero-order valence-electron chi connectivity index (χ0n) is 15.6. The molecule has 0 unspecified atom stereocenters. The zero-order valence-corrected chi connectivity index (χ0v) is 17.1. The molecule has 0 aliphatic carbocycles. The number of nitro groups is 1. The molecule has 0 atom stereocenters. The lowest BCUT2D eigenvalue weighted by Crippen LogP contribution is -2.38. The van der Waals surface area contributed by atoms with Gasteiger partial charge in [0.25, 0.3) is 11.6 Å². The van der Waals surface area contributed by atoms with Gasteiger partial charge in [0.1, 0.15) is 5.02 Å². The average Bonchev–Trinajstić information content (AvgIpc) is 3.24. The van der Waals surface area contributed by atoms with Crippen molar-refractivity contribution in [3.63, 3.8) is 0 Å². The minimum Gasteiger partial charge on any atom is -0.339 e. The Morgan fingerprint density at radius 1 is 1.13 bits per heavy atom. The smallest absolute Gasteiger partial charge is 0.288 e. The van der Waals surface area contributed by atoms with E-state index in [2.05, 4.69) is 10.1 Å². The summed E-state index contributed by atoms with van der Waals surface area (Å²) in [7, 11) is 0. The van der Waals surface area contributed by atoms with Crippen LogP contribution in [-0.2, 0) is 0 Å². The molecule has 154 valence electrons. The fourth-order valence-electron chi connectivity index (χ4n) is 3.41. The van der Waals surface area contributed by atoms with Crippen molar-refractivity contribution in [1.82, 2.24) is 15.0 Å². The van der Waals surface area contributed by atoms with Gasteiger partial charge >= 0.3 is 0 Å². The molecule has 0 N–H and O–H groups in total. The van der Waals surface area contributed by atoms with E-state index in [1.807, 2.05) is 12.1 Å². The largest absolute Gasteiger partial charge is 0.339 e. The molecule has 0 radical (unpaired) electrons. The molecule has 0 saturated carbocycles. The number of halogens is 2. The van der Waals surface area contributed by atoms with E-state index in [1.165, 1.54) is 18.2 Å². The highest BCUT2D eigenvalue weighted by Crippen LogP contribution is 2.30. The molecule has 8 nitrogen and oxygen atoms in total. The van der Waals surface area contributed by atoms with Crippen molar-refractivity contribution in [2.75, 3.05) is 13.1 Å². The molecule has 0 bridgehead atoms. The lowest BCUT2D eigenvalue weighted by Gasteiger charge is -2.30. The van der Waals surface area contributed by atoms with E-state index in [1.54, 1.807) is 17.0 Å². The number of hydrogen-bond acceptors (Lipinski definition) is 6. The van der Waals surface area contributed by atoms with Crippen molar-refractivity contribution in [2.24, 2.45) is 0 Å². The van der Waals surface area contributed by atoms with E-state index in [0.29, 0.717) is 42.7 Å². The van der Waals surface area contributed by atoms with Gasteiger partial charge in [-0.2, -0.15) is 4.98 Å². The van der Waals surface area contributed by atoms with Crippen molar-refractivity contribution < 1.29 is 14.2 Å². The van der Waals surface area contributed by atoms with Crippen LogP contribution in [0.3, 0.4) is 0 Å². The lowest BCUT2D eigenvalue weighted by atomic mass is 9.96. The summed E-state index contributed by atoms with van der Waals surface area (Å²) in [5.41, 5.74) is 0.775. The predicted molar refractivity (Wildman–Crippen MR) is 111 cm³/mol. The molecule has 1 aromatic heterocycles. The van der Waals surface area contributed by atoms with Gasteiger partial charge in [0.05, 0.1) is 4.92 Å². The minimum absolute atomic E-state index is 0.00291. The Balaban J connectivity index is 1.42. The first-order chi connectivity index (χ1) is 14.4. The first-order valence-corrected chi connectivity index (χ1v) is 10.0. The van der Waals surface area contributed by atoms with Gasteiger partial charge < -0.3 is 9.42 Å². The Hall–Kier alpha value is -2.97. The van der Waals surface area contributed by atoms with Crippen LogP contribution in [0, 0.1) is 10.1 Å². The second kappa shape index (κ2) is 8.41. The summed E-state index contributed by atoms with van der Waals surface area (Å²) in [5, 5.41) is 15.7. The third kappa shape index (κ3) is 4.15. The van der Waals surface area contributed by atoms with Crippen LogP contribution in [0.4, 0.5) is 5.69 Å². The normalized spacial score (nSPS) is 14.7. The monoisotopic (exact) mass is 446 g/mol. The molecule has 2 heterocycles. The fraction of sp³-hybridized carbons (Fsp3) is 0.250. The van der Waals surface area contributed by atoms with E-state index >= 15 is 0 Å². The predicted octanol–water partition coefficient (Wildman–Crippen LogP) is 4.97. The van der Waals surface area contributed by atoms with Crippen molar-refractivity contribution in [3.8, 4) is 11.4 Å². The Morgan fingerprint density at radius 3 is 2.50 bits per heavy atom. The van der Waals surface area contributed by atoms with E-state index in [9.17, 15) is 14.9 Å². The molecule has 30 heavy (non-hydrogen) atoms. The maximum Gasteiger partial charge on any atom is 0.288 e. The standard InChI is InChI=1S/C20H16Cl2N4O4/c21-15-4-1-12(2-5-15)18-23-19(30-24-18)13-7-9-25(10-8-13)20(27)14-3-6-16(22)17(11-14)26(28)29/h1-6,11,13H,7-10H2. The summed E-state index contributed by atoms with van der Waals surface area (Å²) in [6.07, 6.45) is 1.31. The zero-order chi connectivity index (χ0) is 21.3. The highest BCUT2D eigenvalue weighted by molar-refractivity contribution is 6.32. The third-order valence-electron chi connectivity index (χ3n) is 5.07. The molecule has 1 aliphatic rings. The van der Waals surface area contributed by atoms with Gasteiger partial charge in [-0.3, -0.25) is 14.9 Å². The minimum atomic E-state index is -0.598. The van der Waals surface area contributed by atoms with Crippen molar-refractivity contribution in [2.45, 2.75) is 18.8 Å². The van der Waals surface area contributed by atoms with E-state index in [0.717, 1.165) is 5.56 Å². The molecule has 0 spiro atoms. The van der Waals surface area contributed by atoms with Crippen LogP contribution in [0.2, 0.25) is 10.0 Å². The number of aromatic nitrogens is 2. The second-order valence-electron chi connectivity index (χ2n) is 6.95. The number of likely N-dealkylation sites (tertiary alicyclic amines) is 1. The summed E-state index contributed by atoms with van der Waals surface area (Å²) in [6.45, 7) is 0.969. The van der Waals surface area contributed by atoms with Crippen LogP contribution in [-0.4, -0.2) is 39.0 Å². The van der Waals surface area contributed by atoms with E-state index in [4.69, 9.17) is 27.7 Å². The summed E-state index contributed by atoms with van der Waals surface area (Å²) in [4.78, 5) is 29.4. The Bertz CT molecular complexity index is 1090. The molecule has 3 aromatic rings. The third-order valence-corrected chi connectivity index (χ3v) is 5.64. The van der Waals surface area contributed by atoms with Gasteiger partial charge in [-0.15, -0.1) is 0 Å². The Morgan fingerprint density at radius 2 is 1.83 bits per heavy atom. The summed E-state index contributed by atoms with van der Waals surface area (Å²) >= 11 is 11.7. The molecule has 1 saturated heterocycles. The van der Waals surface area contributed by atoms with E-state index < -0.39 is 4.92 Å². The van der Waals surface area contributed by atoms with Crippen LogP contribution >= 0.6 is 23.2 Å². The maximum atomic E-state index is 12.7. The molecule has 10 heteroatoms. The van der Waals surface area contributed by atoms with Crippen LogP contribution in [0.5, 0.6) is 0 Å². The van der Waals surface area contributed by atoms with Gasteiger partial charge in [0.2, 0.25) is 11.7 Å². The topological polar surface area (TPSA) is 102 Å². The molecule has 1 aliphatic heterocycles. The van der Waals surface area contributed by atoms with Crippen molar-refractivity contribution in [3.05, 3.63) is 74.1 Å². The molecule has 1 fully saturated rings. The van der Waals surface area contributed by atoms with Gasteiger partial charge in [0.15, 0.2) is 0 Å². The summed E-state index contributed by atoms with van der Waals surface area (Å²) in [6, 6.07) is 11.3. The number of benzene rings is 2. The first kappa shape index (κ1) is 20.3. The quantitative estimate of drug-likeness (QED) is 0.413. The van der Waals surface area contributed by atoms with Gasteiger partial charge in [-0.1, -0.05) is 28.4 Å². The van der Waals surface area contributed by atoms with Crippen LogP contribution < -0.4 is 0 Å². The molecular formula is C20H16Cl2N4O4. The van der Waals surface area contributed by atoms with E-state index in [-0.39, 0.29) is 28.1 Å². The van der Waals surface area contributed by atoms with Crippen LogP contribution in [0.1, 0.15) is 35.0 Å². The molecule has 4 rings (SSSR count). The van der Waals surface area contributed by atoms with Crippen molar-refractivity contribution in [1.29, 1.82) is 0 Å². The van der Waals surface area contributed by atoms with Crippen LogP contribution in [0.25, 0.3) is 11.4 Å². The summed E-state index contributed by atoms with van der Waals surface area (Å²) in [5.74, 6) is 0.811. The number of hydrogen-bond donors (Lipinski definition) is 0. The second-order valence-corrected chi connectivity index (χ2v) is 7.80. The maximum absolute atomic E-state index is 12.7. The highest BCUT2D eigenvalue weighted by atomic mass is 35.5. The number of piperidine rings is 1. The van der Waals surface area contributed by atoms with Crippen LogP contribution in [0.15, 0.2) is 47.0 Å². The van der Waals surface area contributed by atoms with Gasteiger partial charge in [-0.05, 0) is 49.2 Å². The highest BCUT2D eigenvalue weighted by Gasteiger charge is 2.29. The lowest BCUT2D eigenvalue weighted by molar-refractivity contribution is -0.384. The average molecular weight is 447 g/mol. The summed E-state index contributed by atoms with van der Waals surface area (Å²) < 4.78 is 5.44. The molecule has 1 amide bonds. The molecule has 2 aromatic carbocycles. The number of nitro benzene ring substituents is 1. The Labute approximate surface area is 181 Å². The number of amides is 1. The SMILES string of the molecule is O=C(c1ccc(Cl)c([N+](=O)[O-])c1)N1CCC(c2nc(-c3ccc(Cl)cc3)no2)CC1. The number of rotatable bonds is 4.